The molecule has 0 amide bonds. The summed E-state index contributed by atoms with van der Waals surface area (Å²) in [6.07, 6.45) is 6.26. The minimum absolute atomic E-state index is 0.587. The molecule has 4 nitrogen and oxygen atoms in total. The second kappa shape index (κ2) is 6.14. The average Bonchev–Trinajstić information content (AvgIpc) is 2.38. The summed E-state index contributed by atoms with van der Waals surface area (Å²) in [7, 11) is 0. The molecule has 1 aliphatic rings. The Hall–Kier alpha value is -1.16. The van der Waals surface area contributed by atoms with Gasteiger partial charge in [0, 0.05) is 31.5 Å². The lowest BCUT2D eigenvalue weighted by atomic mass is 9.97. The topological polar surface area (TPSA) is 41.1 Å². The Morgan fingerprint density at radius 2 is 1.89 bits per heavy atom. The van der Waals surface area contributed by atoms with Gasteiger partial charge in [-0.15, -0.1) is 0 Å². The molecule has 0 unspecified atom stereocenters. The van der Waals surface area contributed by atoms with Crippen LogP contribution in [-0.2, 0) is 0 Å². The molecule has 0 radical (unpaired) electrons. The summed E-state index contributed by atoms with van der Waals surface area (Å²) in [5.41, 5.74) is 1.12. The highest BCUT2D eigenvalue weighted by molar-refractivity contribution is 5.30. The van der Waals surface area contributed by atoms with Crippen LogP contribution in [-0.4, -0.2) is 35.6 Å². The van der Waals surface area contributed by atoms with Crippen LogP contribution >= 0.6 is 0 Å². The van der Waals surface area contributed by atoms with Gasteiger partial charge in [0.2, 0.25) is 5.95 Å². The quantitative estimate of drug-likeness (QED) is 0.885. The fourth-order valence-corrected chi connectivity index (χ4v) is 2.29. The molecule has 2 rings (SSSR count). The summed E-state index contributed by atoms with van der Waals surface area (Å²) < 4.78 is 0. The molecule has 1 N–H and O–H groups in total. The normalized spacial score (nSPS) is 17.4. The predicted molar refractivity (Wildman–Crippen MR) is 74.8 cm³/mol. The van der Waals surface area contributed by atoms with Crippen molar-refractivity contribution in [3.63, 3.8) is 0 Å². The van der Waals surface area contributed by atoms with Crippen molar-refractivity contribution < 1.29 is 0 Å². The Labute approximate surface area is 110 Å². The van der Waals surface area contributed by atoms with Crippen LogP contribution in [0.15, 0.2) is 12.4 Å². The van der Waals surface area contributed by atoms with Crippen LogP contribution in [0, 0.1) is 12.8 Å². The predicted octanol–water partition coefficient (Wildman–Crippen LogP) is 2.00. The smallest absolute Gasteiger partial charge is 0.225 e. The molecule has 0 atom stereocenters. The lowest BCUT2D eigenvalue weighted by molar-refractivity contribution is 0.368. The largest absolute Gasteiger partial charge is 0.341 e. The van der Waals surface area contributed by atoms with Crippen molar-refractivity contribution in [3.8, 4) is 0 Å². The standard InChI is InChI=1S/C14H24N4/c1-11(2)15-10-13-4-6-18(7-5-13)14-16-8-12(3)9-17-14/h8-9,11,13,15H,4-7,10H2,1-3H3. The molecule has 0 spiro atoms. The lowest BCUT2D eigenvalue weighted by Crippen LogP contribution is -2.39. The van der Waals surface area contributed by atoms with Crippen LogP contribution in [0.25, 0.3) is 0 Å². The molecule has 1 aromatic rings. The third kappa shape index (κ3) is 3.67. The first-order chi connectivity index (χ1) is 8.65. The van der Waals surface area contributed by atoms with Crippen molar-refractivity contribution in [1.82, 2.24) is 15.3 Å². The maximum absolute atomic E-state index is 4.40. The van der Waals surface area contributed by atoms with Gasteiger partial charge in [-0.25, -0.2) is 9.97 Å². The molecule has 0 saturated carbocycles. The van der Waals surface area contributed by atoms with Crippen molar-refractivity contribution >= 4 is 5.95 Å². The first kappa shape index (κ1) is 13.3. The Morgan fingerprint density at radius 3 is 2.44 bits per heavy atom. The second-order valence-electron chi connectivity index (χ2n) is 5.55. The summed E-state index contributed by atoms with van der Waals surface area (Å²) in [4.78, 5) is 11.1. The van der Waals surface area contributed by atoms with E-state index < -0.39 is 0 Å². The summed E-state index contributed by atoms with van der Waals surface area (Å²) in [6.45, 7) is 9.72. The molecular weight excluding hydrogens is 224 g/mol. The zero-order valence-corrected chi connectivity index (χ0v) is 11.7. The van der Waals surface area contributed by atoms with E-state index in [1.165, 1.54) is 12.8 Å². The molecule has 100 valence electrons. The van der Waals surface area contributed by atoms with E-state index in [2.05, 4.69) is 34.0 Å². The lowest BCUT2D eigenvalue weighted by Gasteiger charge is -2.32. The van der Waals surface area contributed by atoms with E-state index >= 15 is 0 Å². The van der Waals surface area contributed by atoms with Gasteiger partial charge in [0.15, 0.2) is 0 Å². The number of piperidine rings is 1. The molecular formula is C14H24N4. The highest BCUT2D eigenvalue weighted by Crippen LogP contribution is 2.19. The van der Waals surface area contributed by atoms with E-state index in [4.69, 9.17) is 0 Å². The van der Waals surface area contributed by atoms with E-state index in [0.29, 0.717) is 6.04 Å². The second-order valence-corrected chi connectivity index (χ2v) is 5.55. The van der Waals surface area contributed by atoms with Gasteiger partial charge in [0.1, 0.15) is 0 Å². The van der Waals surface area contributed by atoms with E-state index in [1.807, 2.05) is 19.3 Å². The van der Waals surface area contributed by atoms with Crippen LogP contribution in [0.5, 0.6) is 0 Å². The zero-order valence-electron chi connectivity index (χ0n) is 11.7. The third-order valence-corrected chi connectivity index (χ3v) is 3.48. The summed E-state index contributed by atoms with van der Waals surface area (Å²) in [6, 6.07) is 0.587. The SMILES string of the molecule is Cc1cnc(N2CCC(CNC(C)C)CC2)nc1. The molecule has 0 aliphatic carbocycles. The third-order valence-electron chi connectivity index (χ3n) is 3.48. The first-order valence-electron chi connectivity index (χ1n) is 6.92. The molecule has 1 aliphatic heterocycles. The van der Waals surface area contributed by atoms with Crippen LogP contribution in [0.3, 0.4) is 0 Å². The van der Waals surface area contributed by atoms with Gasteiger partial charge in [0.25, 0.3) is 0 Å². The molecule has 18 heavy (non-hydrogen) atoms. The minimum Gasteiger partial charge on any atom is -0.341 e. The van der Waals surface area contributed by atoms with Gasteiger partial charge < -0.3 is 10.2 Å². The molecule has 4 heteroatoms. The maximum Gasteiger partial charge on any atom is 0.225 e. The van der Waals surface area contributed by atoms with E-state index in [1.54, 1.807) is 0 Å². The fourth-order valence-electron chi connectivity index (χ4n) is 2.29. The minimum atomic E-state index is 0.587. The molecule has 0 aromatic carbocycles. The number of aryl methyl sites for hydroxylation is 1. The van der Waals surface area contributed by atoms with Crippen LogP contribution in [0.1, 0.15) is 32.3 Å². The number of hydrogen-bond donors (Lipinski definition) is 1. The van der Waals surface area contributed by atoms with Gasteiger partial charge in [-0.05, 0) is 37.8 Å². The number of aromatic nitrogens is 2. The highest BCUT2D eigenvalue weighted by atomic mass is 15.2. The van der Waals surface area contributed by atoms with Gasteiger partial charge in [-0.1, -0.05) is 13.8 Å². The van der Waals surface area contributed by atoms with Crippen LogP contribution in [0.4, 0.5) is 5.95 Å². The van der Waals surface area contributed by atoms with Crippen LogP contribution < -0.4 is 10.2 Å². The van der Waals surface area contributed by atoms with Crippen molar-refractivity contribution in [1.29, 1.82) is 0 Å². The average molecular weight is 248 g/mol. The van der Waals surface area contributed by atoms with E-state index in [0.717, 1.165) is 37.1 Å². The van der Waals surface area contributed by atoms with Crippen molar-refractivity contribution in [2.75, 3.05) is 24.5 Å². The molecule has 1 fully saturated rings. The molecule has 1 saturated heterocycles. The number of hydrogen-bond acceptors (Lipinski definition) is 4. The number of nitrogens with zero attached hydrogens (tertiary/aromatic N) is 3. The zero-order chi connectivity index (χ0) is 13.0. The van der Waals surface area contributed by atoms with Crippen molar-refractivity contribution in [3.05, 3.63) is 18.0 Å². The van der Waals surface area contributed by atoms with E-state index in [9.17, 15) is 0 Å². The Bertz CT molecular complexity index is 353. The Kier molecular flexibility index (Phi) is 4.53. The number of anilines is 1. The number of rotatable bonds is 4. The van der Waals surface area contributed by atoms with Gasteiger partial charge >= 0.3 is 0 Å². The highest BCUT2D eigenvalue weighted by Gasteiger charge is 2.20. The Balaban J connectivity index is 1.81. The van der Waals surface area contributed by atoms with Crippen molar-refractivity contribution in [2.45, 2.75) is 39.7 Å². The first-order valence-corrected chi connectivity index (χ1v) is 6.92. The summed E-state index contributed by atoms with van der Waals surface area (Å²) in [5.74, 6) is 1.69. The van der Waals surface area contributed by atoms with Gasteiger partial charge in [-0.3, -0.25) is 0 Å². The fraction of sp³-hybridized carbons (Fsp3) is 0.714. The molecule has 2 heterocycles. The maximum atomic E-state index is 4.40. The van der Waals surface area contributed by atoms with E-state index in [-0.39, 0.29) is 0 Å². The monoisotopic (exact) mass is 248 g/mol. The molecule has 0 bridgehead atoms. The van der Waals surface area contributed by atoms with Crippen LogP contribution in [0.2, 0.25) is 0 Å². The summed E-state index contributed by atoms with van der Waals surface area (Å²) in [5, 5.41) is 3.53. The Morgan fingerprint density at radius 1 is 1.28 bits per heavy atom. The van der Waals surface area contributed by atoms with Crippen molar-refractivity contribution in [2.24, 2.45) is 5.92 Å². The van der Waals surface area contributed by atoms with Gasteiger partial charge in [0.05, 0.1) is 0 Å². The van der Waals surface area contributed by atoms with Gasteiger partial charge in [-0.2, -0.15) is 0 Å². The summed E-state index contributed by atoms with van der Waals surface area (Å²) >= 11 is 0. The number of nitrogens with one attached hydrogen (secondary N) is 1. The molecule has 1 aromatic heterocycles.